The molecule has 0 saturated carbocycles. The number of carbonyl (C=O) groups excluding carboxylic acids is 3. The van der Waals surface area contributed by atoms with Gasteiger partial charge in [-0.2, -0.15) is 5.10 Å². The van der Waals surface area contributed by atoms with Crippen molar-refractivity contribution in [3.05, 3.63) is 54.0 Å². The van der Waals surface area contributed by atoms with Gasteiger partial charge >= 0.3 is 12.1 Å². The van der Waals surface area contributed by atoms with Crippen LogP contribution in [0.1, 0.15) is 17.4 Å². The maximum absolute atomic E-state index is 12.4. The van der Waals surface area contributed by atoms with E-state index in [0.717, 1.165) is 9.91 Å². The Kier molecular flexibility index (Phi) is 5.06. The van der Waals surface area contributed by atoms with Crippen molar-refractivity contribution in [2.45, 2.75) is 6.04 Å². The van der Waals surface area contributed by atoms with Gasteiger partial charge in [-0.15, -0.1) is 0 Å². The number of carbonyl (C=O) groups is 3. The molecule has 1 saturated heterocycles. The van der Waals surface area contributed by atoms with Crippen LogP contribution in [0.3, 0.4) is 0 Å². The first-order valence-electron chi connectivity index (χ1n) is 8.01. The van der Waals surface area contributed by atoms with Gasteiger partial charge in [0.1, 0.15) is 17.6 Å². The largest absolute Gasteiger partial charge is 0.508 e. The highest BCUT2D eigenvalue weighted by molar-refractivity contribution is 5.97. The third-order valence-corrected chi connectivity index (χ3v) is 3.88. The average molecular weight is 371 g/mol. The smallest absolute Gasteiger partial charge is 0.348 e. The molecule has 27 heavy (non-hydrogen) atoms. The van der Waals surface area contributed by atoms with Crippen molar-refractivity contribution in [3.63, 3.8) is 0 Å². The predicted octanol–water partition coefficient (Wildman–Crippen LogP) is 0.993. The van der Waals surface area contributed by atoms with Crippen LogP contribution in [0.15, 0.2) is 52.2 Å². The Hall–Kier alpha value is -3.82. The van der Waals surface area contributed by atoms with E-state index in [1.807, 2.05) is 0 Å². The fourth-order valence-corrected chi connectivity index (χ4v) is 2.50. The molecule has 1 aliphatic heterocycles. The third kappa shape index (κ3) is 4.06. The first-order valence-corrected chi connectivity index (χ1v) is 8.01. The fourth-order valence-electron chi connectivity index (χ4n) is 2.50. The molecule has 2 heterocycles. The van der Waals surface area contributed by atoms with Crippen LogP contribution in [-0.4, -0.2) is 52.3 Å². The first kappa shape index (κ1) is 18.0. The van der Waals surface area contributed by atoms with E-state index in [2.05, 4.69) is 10.4 Å². The van der Waals surface area contributed by atoms with E-state index in [1.54, 1.807) is 12.1 Å². The minimum Gasteiger partial charge on any atom is -0.508 e. The molecular weight excluding hydrogens is 354 g/mol. The number of nitrogens with one attached hydrogen (secondary N) is 1. The zero-order valence-corrected chi connectivity index (χ0v) is 14.1. The maximum atomic E-state index is 12.4. The average Bonchev–Trinajstić information content (AvgIpc) is 3.28. The van der Waals surface area contributed by atoms with Crippen LogP contribution in [0, 0.1) is 0 Å². The number of urea groups is 2. The summed E-state index contributed by atoms with van der Waals surface area (Å²) in [6.45, 7) is 0.297. The molecule has 2 aromatic rings. The molecule has 140 valence electrons. The number of hydrogen-bond acceptors (Lipinski definition) is 6. The van der Waals surface area contributed by atoms with Crippen LogP contribution >= 0.6 is 0 Å². The number of phenolic OH excluding ortho intramolecular Hbond substituents is 1. The van der Waals surface area contributed by atoms with E-state index in [0.29, 0.717) is 11.3 Å². The molecule has 3 rings (SSSR count). The molecule has 10 heteroatoms. The number of nitrogens with zero attached hydrogens (tertiary/aromatic N) is 3. The molecule has 1 aliphatic rings. The monoisotopic (exact) mass is 371 g/mol. The number of benzene rings is 1. The number of primary amides is 1. The van der Waals surface area contributed by atoms with Gasteiger partial charge in [-0.05, 0) is 29.8 Å². The van der Waals surface area contributed by atoms with Gasteiger partial charge in [0.05, 0.1) is 25.6 Å². The molecule has 4 N–H and O–H groups in total. The summed E-state index contributed by atoms with van der Waals surface area (Å²) in [5.74, 6) is -0.326. The Balaban J connectivity index is 1.67. The van der Waals surface area contributed by atoms with E-state index in [4.69, 9.17) is 10.2 Å². The minimum atomic E-state index is -1.15. The molecule has 1 atom stereocenters. The number of hydrazone groups is 1. The van der Waals surface area contributed by atoms with Crippen molar-refractivity contribution in [1.29, 1.82) is 0 Å². The van der Waals surface area contributed by atoms with Crippen molar-refractivity contribution in [3.8, 4) is 5.75 Å². The minimum absolute atomic E-state index is 0.00748. The van der Waals surface area contributed by atoms with Crippen molar-refractivity contribution < 1.29 is 23.9 Å². The van der Waals surface area contributed by atoms with Crippen LogP contribution in [0.2, 0.25) is 0 Å². The number of imide groups is 1. The van der Waals surface area contributed by atoms with Crippen molar-refractivity contribution >= 4 is 24.2 Å². The second kappa shape index (κ2) is 7.60. The summed E-state index contributed by atoms with van der Waals surface area (Å²) in [4.78, 5) is 37.4. The van der Waals surface area contributed by atoms with E-state index < -0.39 is 24.0 Å². The molecule has 10 nitrogen and oxygen atoms in total. The van der Waals surface area contributed by atoms with Crippen molar-refractivity contribution in [2.75, 3.05) is 13.1 Å². The normalized spacial score (nSPS) is 15.3. The van der Waals surface area contributed by atoms with Gasteiger partial charge in [0.25, 0.3) is 0 Å². The highest BCUT2D eigenvalue weighted by Gasteiger charge is 2.35. The number of furan rings is 1. The number of amides is 5. The zero-order chi connectivity index (χ0) is 19.4. The number of nitrogens with two attached hydrogens (primary N) is 1. The molecular formula is C17H17N5O5. The quantitative estimate of drug-likeness (QED) is 0.672. The summed E-state index contributed by atoms with van der Waals surface area (Å²) in [5.41, 5.74) is 5.74. The summed E-state index contributed by atoms with van der Waals surface area (Å²) in [5, 5.41) is 16.9. The Morgan fingerprint density at radius 1 is 1.26 bits per heavy atom. The number of phenols is 1. The Labute approximate surface area is 153 Å². The lowest BCUT2D eigenvalue weighted by Crippen LogP contribution is -2.46. The SMILES string of the molecule is NC(=O)C(NC(=O)N1CCN(N=Cc2ccco2)C1=O)c1ccc(O)cc1. The van der Waals surface area contributed by atoms with Crippen LogP contribution in [0.5, 0.6) is 5.75 Å². The van der Waals surface area contributed by atoms with E-state index in [9.17, 15) is 19.5 Å². The first-order chi connectivity index (χ1) is 13.0. The molecule has 0 bridgehead atoms. The molecule has 1 aromatic heterocycles. The Morgan fingerprint density at radius 3 is 2.63 bits per heavy atom. The highest BCUT2D eigenvalue weighted by Crippen LogP contribution is 2.18. The number of aromatic hydroxyl groups is 1. The van der Waals surface area contributed by atoms with Crippen molar-refractivity contribution in [1.82, 2.24) is 15.2 Å². The van der Waals surface area contributed by atoms with Gasteiger partial charge in [-0.1, -0.05) is 12.1 Å². The maximum Gasteiger partial charge on any atom is 0.348 e. The van der Waals surface area contributed by atoms with Gasteiger partial charge in [-0.3, -0.25) is 4.79 Å². The van der Waals surface area contributed by atoms with Crippen molar-refractivity contribution in [2.24, 2.45) is 10.8 Å². The lowest BCUT2D eigenvalue weighted by molar-refractivity contribution is -0.119. The molecule has 0 spiro atoms. The second-order valence-corrected chi connectivity index (χ2v) is 5.69. The van der Waals surface area contributed by atoms with Gasteiger partial charge < -0.3 is 20.6 Å². The summed E-state index contributed by atoms with van der Waals surface area (Å²) >= 11 is 0. The van der Waals surface area contributed by atoms with Gasteiger partial charge in [0.15, 0.2) is 0 Å². The fraction of sp³-hybridized carbons (Fsp3) is 0.176. The number of hydrogen-bond donors (Lipinski definition) is 3. The molecule has 1 aromatic carbocycles. The standard InChI is InChI=1S/C17H17N5O5/c18-15(24)14(11-3-5-12(23)6-4-11)20-16(25)21-7-8-22(17(21)26)19-10-13-2-1-9-27-13/h1-6,9-10,14,23H,7-8H2,(H2,18,24)(H,20,25). The molecule has 0 aliphatic carbocycles. The van der Waals surface area contributed by atoms with Crippen LogP contribution < -0.4 is 11.1 Å². The van der Waals surface area contributed by atoms with Gasteiger partial charge in [-0.25, -0.2) is 19.5 Å². The molecule has 0 radical (unpaired) electrons. The Morgan fingerprint density at radius 2 is 2.00 bits per heavy atom. The summed E-state index contributed by atoms with van der Waals surface area (Å²) < 4.78 is 5.09. The highest BCUT2D eigenvalue weighted by atomic mass is 16.3. The lowest BCUT2D eigenvalue weighted by Gasteiger charge is -2.20. The van der Waals surface area contributed by atoms with Crippen LogP contribution in [0.25, 0.3) is 0 Å². The lowest BCUT2D eigenvalue weighted by atomic mass is 10.1. The molecule has 5 amide bonds. The Bertz CT molecular complexity index is 862. The summed E-state index contributed by atoms with van der Waals surface area (Å²) in [7, 11) is 0. The van der Waals surface area contributed by atoms with E-state index >= 15 is 0 Å². The number of rotatable bonds is 5. The summed E-state index contributed by atoms with van der Waals surface area (Å²) in [6.07, 6.45) is 2.84. The van der Waals surface area contributed by atoms with Gasteiger partial charge in [0, 0.05) is 0 Å². The molecule has 1 fully saturated rings. The van der Waals surface area contributed by atoms with Crippen LogP contribution in [-0.2, 0) is 4.79 Å². The zero-order valence-electron chi connectivity index (χ0n) is 14.1. The summed E-state index contributed by atoms with van der Waals surface area (Å²) in [6, 6.07) is 6.44. The molecule has 1 unspecified atom stereocenters. The predicted molar refractivity (Wildman–Crippen MR) is 93.7 cm³/mol. The van der Waals surface area contributed by atoms with Gasteiger partial charge in [0.2, 0.25) is 5.91 Å². The van der Waals surface area contributed by atoms with E-state index in [-0.39, 0.29) is 18.8 Å². The van der Waals surface area contributed by atoms with E-state index in [1.165, 1.54) is 36.7 Å². The topological polar surface area (TPSA) is 141 Å². The third-order valence-electron chi connectivity index (χ3n) is 3.88. The van der Waals surface area contributed by atoms with Crippen LogP contribution in [0.4, 0.5) is 9.59 Å². The second-order valence-electron chi connectivity index (χ2n) is 5.69.